The third-order valence-corrected chi connectivity index (χ3v) is 4.21. The number of rotatable bonds is 4. The molecule has 0 atom stereocenters. The monoisotopic (exact) mass is 339 g/mol. The molecule has 24 heavy (non-hydrogen) atoms. The molecule has 120 valence electrons. The van der Waals surface area contributed by atoms with Crippen LogP contribution in [-0.2, 0) is 4.79 Å². The van der Waals surface area contributed by atoms with Crippen LogP contribution >= 0.6 is 11.3 Å². The zero-order chi connectivity index (χ0) is 16.9. The molecule has 3 aromatic rings. The Morgan fingerprint density at radius 3 is 2.50 bits per heavy atom. The number of hydrogen-bond donors (Lipinski definition) is 1. The molecule has 0 spiro atoms. The summed E-state index contributed by atoms with van der Waals surface area (Å²) in [5.74, 6) is -0.606. The first-order chi connectivity index (χ1) is 11.6. The standard InChI is InChI=1S/C18H14FN3OS/c1-12(13-7-9-15(19)10-8-13)11-16(23)20-18-22-21-17(24-18)14-5-3-2-4-6-14/h2-11H,1H3,(H,20,22,23)/b12-11+. The zero-order valence-electron chi connectivity index (χ0n) is 12.9. The van der Waals surface area contributed by atoms with Crippen molar-refractivity contribution in [1.82, 2.24) is 10.2 Å². The number of nitrogens with zero attached hydrogens (tertiary/aromatic N) is 2. The normalized spacial score (nSPS) is 11.3. The molecule has 0 saturated carbocycles. The van der Waals surface area contributed by atoms with Gasteiger partial charge >= 0.3 is 0 Å². The summed E-state index contributed by atoms with van der Waals surface area (Å²) in [6.45, 7) is 1.79. The number of aromatic nitrogens is 2. The van der Waals surface area contributed by atoms with Crippen molar-refractivity contribution in [3.8, 4) is 10.6 Å². The second kappa shape index (κ2) is 7.14. The molecule has 3 rings (SSSR count). The minimum absolute atomic E-state index is 0.299. The van der Waals surface area contributed by atoms with Crippen LogP contribution in [0.15, 0.2) is 60.7 Å². The second-order valence-corrected chi connectivity index (χ2v) is 6.08. The van der Waals surface area contributed by atoms with Crippen molar-refractivity contribution in [2.24, 2.45) is 0 Å². The molecule has 0 radical (unpaired) electrons. The van der Waals surface area contributed by atoms with Crippen molar-refractivity contribution in [2.75, 3.05) is 5.32 Å². The number of amides is 1. The average Bonchev–Trinajstić information content (AvgIpc) is 3.04. The summed E-state index contributed by atoms with van der Waals surface area (Å²) in [5, 5.41) is 11.9. The first-order valence-corrected chi connectivity index (χ1v) is 8.07. The van der Waals surface area contributed by atoms with Crippen LogP contribution in [0.5, 0.6) is 0 Å². The number of anilines is 1. The number of halogens is 1. The Hall–Kier alpha value is -2.86. The molecular formula is C18H14FN3OS. The molecule has 1 amide bonds. The number of allylic oxidation sites excluding steroid dienone is 1. The lowest BCUT2D eigenvalue weighted by Gasteiger charge is -2.01. The molecule has 1 aromatic heterocycles. The van der Waals surface area contributed by atoms with Crippen molar-refractivity contribution in [1.29, 1.82) is 0 Å². The molecule has 1 heterocycles. The lowest BCUT2D eigenvalue weighted by Crippen LogP contribution is -2.08. The molecule has 0 bridgehead atoms. The highest BCUT2D eigenvalue weighted by molar-refractivity contribution is 7.18. The molecule has 6 heteroatoms. The SMILES string of the molecule is C/C(=C\C(=O)Nc1nnc(-c2ccccc2)s1)c1ccc(F)cc1. The van der Waals surface area contributed by atoms with E-state index in [-0.39, 0.29) is 11.7 Å². The van der Waals surface area contributed by atoms with Gasteiger partial charge < -0.3 is 0 Å². The summed E-state index contributed by atoms with van der Waals surface area (Å²) in [5.41, 5.74) is 2.47. The quantitative estimate of drug-likeness (QED) is 0.717. The molecule has 0 aliphatic heterocycles. The van der Waals surface area contributed by atoms with Crippen LogP contribution in [0, 0.1) is 5.82 Å². The number of hydrogen-bond acceptors (Lipinski definition) is 4. The van der Waals surface area contributed by atoms with Gasteiger partial charge in [0.25, 0.3) is 0 Å². The third-order valence-electron chi connectivity index (χ3n) is 3.32. The van der Waals surface area contributed by atoms with Gasteiger partial charge in [0.15, 0.2) is 0 Å². The minimum Gasteiger partial charge on any atom is -0.297 e. The Morgan fingerprint density at radius 1 is 1.08 bits per heavy atom. The van der Waals surface area contributed by atoms with E-state index < -0.39 is 0 Å². The van der Waals surface area contributed by atoms with Crippen LogP contribution in [0.1, 0.15) is 12.5 Å². The van der Waals surface area contributed by atoms with Gasteiger partial charge in [-0.1, -0.05) is 53.8 Å². The Balaban J connectivity index is 1.70. The topological polar surface area (TPSA) is 54.9 Å². The van der Waals surface area contributed by atoms with E-state index in [4.69, 9.17) is 0 Å². The van der Waals surface area contributed by atoms with E-state index >= 15 is 0 Å². The van der Waals surface area contributed by atoms with Crippen molar-refractivity contribution < 1.29 is 9.18 Å². The summed E-state index contributed by atoms with van der Waals surface area (Å²) in [7, 11) is 0. The van der Waals surface area contributed by atoms with E-state index in [9.17, 15) is 9.18 Å². The maximum absolute atomic E-state index is 12.9. The van der Waals surface area contributed by atoms with Gasteiger partial charge in [-0.3, -0.25) is 10.1 Å². The van der Waals surface area contributed by atoms with Crippen molar-refractivity contribution in [3.63, 3.8) is 0 Å². The average molecular weight is 339 g/mol. The number of nitrogens with one attached hydrogen (secondary N) is 1. The Labute approximate surface area is 142 Å². The van der Waals surface area contributed by atoms with Gasteiger partial charge in [-0.25, -0.2) is 4.39 Å². The third kappa shape index (κ3) is 3.91. The van der Waals surface area contributed by atoms with Gasteiger partial charge in [0, 0.05) is 11.6 Å². The molecule has 2 aromatic carbocycles. The van der Waals surface area contributed by atoms with Crippen LogP contribution in [0.2, 0.25) is 0 Å². The van der Waals surface area contributed by atoms with E-state index in [1.807, 2.05) is 30.3 Å². The van der Waals surface area contributed by atoms with E-state index in [0.717, 1.165) is 21.7 Å². The van der Waals surface area contributed by atoms with Gasteiger partial charge in [-0.15, -0.1) is 10.2 Å². The van der Waals surface area contributed by atoms with E-state index in [0.29, 0.717) is 5.13 Å². The van der Waals surface area contributed by atoms with Crippen molar-refractivity contribution in [3.05, 3.63) is 72.1 Å². The fourth-order valence-corrected chi connectivity index (χ4v) is 2.86. The van der Waals surface area contributed by atoms with Gasteiger partial charge in [0.05, 0.1) is 0 Å². The summed E-state index contributed by atoms with van der Waals surface area (Å²) in [6.07, 6.45) is 1.46. The summed E-state index contributed by atoms with van der Waals surface area (Å²) < 4.78 is 12.9. The Bertz CT molecular complexity index is 873. The molecular weight excluding hydrogens is 325 g/mol. The lowest BCUT2D eigenvalue weighted by molar-refractivity contribution is -0.111. The predicted molar refractivity (Wildman–Crippen MR) is 94.0 cm³/mol. The first kappa shape index (κ1) is 16.0. The first-order valence-electron chi connectivity index (χ1n) is 7.26. The Kier molecular flexibility index (Phi) is 4.77. The molecule has 0 unspecified atom stereocenters. The maximum atomic E-state index is 12.9. The largest absolute Gasteiger partial charge is 0.297 e. The van der Waals surface area contributed by atoms with Crippen LogP contribution in [-0.4, -0.2) is 16.1 Å². The fourth-order valence-electron chi connectivity index (χ4n) is 2.11. The van der Waals surface area contributed by atoms with E-state index in [2.05, 4.69) is 15.5 Å². The molecule has 0 aliphatic rings. The van der Waals surface area contributed by atoms with Gasteiger partial charge in [0.1, 0.15) is 10.8 Å². The van der Waals surface area contributed by atoms with Crippen molar-refractivity contribution in [2.45, 2.75) is 6.92 Å². The minimum atomic E-state index is -0.307. The molecule has 0 aliphatic carbocycles. The van der Waals surface area contributed by atoms with Crippen LogP contribution in [0.3, 0.4) is 0 Å². The smallest absolute Gasteiger partial charge is 0.250 e. The summed E-state index contributed by atoms with van der Waals surface area (Å²) in [4.78, 5) is 12.1. The van der Waals surface area contributed by atoms with Gasteiger partial charge in [0.2, 0.25) is 11.0 Å². The van der Waals surface area contributed by atoms with Crippen LogP contribution in [0.25, 0.3) is 16.1 Å². The molecule has 0 saturated heterocycles. The highest BCUT2D eigenvalue weighted by Gasteiger charge is 2.08. The van der Waals surface area contributed by atoms with Crippen LogP contribution in [0.4, 0.5) is 9.52 Å². The predicted octanol–water partition coefficient (Wildman–Crippen LogP) is 4.39. The van der Waals surface area contributed by atoms with Gasteiger partial charge in [-0.05, 0) is 30.2 Å². The molecule has 0 fully saturated rings. The number of carbonyl (C=O) groups excluding carboxylic acids is 1. The fraction of sp³-hybridized carbons (Fsp3) is 0.0556. The van der Waals surface area contributed by atoms with Crippen molar-refractivity contribution >= 4 is 27.9 Å². The summed E-state index contributed by atoms with van der Waals surface area (Å²) in [6, 6.07) is 15.6. The second-order valence-electron chi connectivity index (χ2n) is 5.10. The maximum Gasteiger partial charge on any atom is 0.250 e. The Morgan fingerprint density at radius 2 is 1.79 bits per heavy atom. The molecule has 1 N–H and O–H groups in total. The van der Waals surface area contributed by atoms with Gasteiger partial charge in [-0.2, -0.15) is 0 Å². The molecule has 4 nitrogen and oxygen atoms in total. The number of carbonyl (C=O) groups is 1. The number of benzene rings is 2. The lowest BCUT2D eigenvalue weighted by atomic mass is 10.1. The van der Waals surface area contributed by atoms with E-state index in [1.165, 1.54) is 29.5 Å². The highest BCUT2D eigenvalue weighted by Crippen LogP contribution is 2.26. The van der Waals surface area contributed by atoms with Crippen LogP contribution < -0.4 is 5.32 Å². The van der Waals surface area contributed by atoms with E-state index in [1.54, 1.807) is 19.1 Å². The highest BCUT2D eigenvalue weighted by atomic mass is 32.1. The summed E-state index contributed by atoms with van der Waals surface area (Å²) >= 11 is 1.31. The zero-order valence-corrected chi connectivity index (χ0v) is 13.7.